The first-order valence-corrected chi connectivity index (χ1v) is 6.49. The molecule has 1 aliphatic heterocycles. The number of hydrogen-bond acceptors (Lipinski definition) is 3. The number of anilines is 2. The molecule has 1 saturated heterocycles. The molecule has 98 valence electrons. The molecule has 0 radical (unpaired) electrons. The van der Waals surface area contributed by atoms with Crippen LogP contribution >= 0.6 is 0 Å². The van der Waals surface area contributed by atoms with E-state index in [1.54, 1.807) is 18.2 Å². The maximum atomic E-state index is 11.0. The molecule has 18 heavy (non-hydrogen) atoms. The number of aromatic carboxylic acids is 1. The monoisotopic (exact) mass is 248 g/mol. The number of nitrogen functional groups attached to an aromatic ring is 1. The summed E-state index contributed by atoms with van der Waals surface area (Å²) in [5, 5.41) is 9.06. The van der Waals surface area contributed by atoms with Crippen LogP contribution in [0.5, 0.6) is 0 Å². The molecule has 3 N–H and O–H groups in total. The van der Waals surface area contributed by atoms with Crippen LogP contribution in [0.2, 0.25) is 0 Å². The van der Waals surface area contributed by atoms with Crippen LogP contribution in [0.25, 0.3) is 0 Å². The molecule has 1 aliphatic rings. The van der Waals surface area contributed by atoms with E-state index in [-0.39, 0.29) is 0 Å². The first-order valence-electron chi connectivity index (χ1n) is 6.49. The van der Waals surface area contributed by atoms with Crippen molar-refractivity contribution < 1.29 is 9.90 Å². The predicted molar refractivity (Wildman–Crippen MR) is 73.1 cm³/mol. The maximum Gasteiger partial charge on any atom is 0.335 e. The fourth-order valence-corrected chi connectivity index (χ4v) is 2.56. The molecule has 1 fully saturated rings. The quantitative estimate of drug-likeness (QED) is 0.790. The first kappa shape index (κ1) is 12.7. The van der Waals surface area contributed by atoms with Crippen LogP contribution in [0.15, 0.2) is 18.2 Å². The molecule has 0 aliphatic carbocycles. The summed E-state index contributed by atoms with van der Waals surface area (Å²) in [7, 11) is 0. The molecule has 4 heteroatoms. The van der Waals surface area contributed by atoms with Gasteiger partial charge in [-0.2, -0.15) is 0 Å². The second kappa shape index (κ2) is 5.29. The summed E-state index contributed by atoms with van der Waals surface area (Å²) in [4.78, 5) is 13.3. The van der Waals surface area contributed by atoms with E-state index in [9.17, 15) is 4.79 Å². The fourth-order valence-electron chi connectivity index (χ4n) is 2.56. The van der Waals surface area contributed by atoms with Crippen molar-refractivity contribution in [1.29, 1.82) is 0 Å². The number of hydrogen-bond donors (Lipinski definition) is 2. The third-order valence-corrected chi connectivity index (χ3v) is 3.64. The normalized spacial score (nSPS) is 20.5. The zero-order valence-corrected chi connectivity index (χ0v) is 10.7. The average Bonchev–Trinajstić information content (AvgIpc) is 2.54. The van der Waals surface area contributed by atoms with Gasteiger partial charge in [-0.25, -0.2) is 4.79 Å². The Hall–Kier alpha value is -1.71. The van der Waals surface area contributed by atoms with Gasteiger partial charge in [0.1, 0.15) is 0 Å². The highest BCUT2D eigenvalue weighted by Crippen LogP contribution is 2.30. The van der Waals surface area contributed by atoms with Gasteiger partial charge in [0.2, 0.25) is 0 Å². The predicted octanol–water partition coefficient (Wildman–Crippen LogP) is 2.74. The van der Waals surface area contributed by atoms with E-state index < -0.39 is 5.97 Å². The van der Waals surface area contributed by atoms with E-state index in [4.69, 9.17) is 10.8 Å². The zero-order valence-electron chi connectivity index (χ0n) is 10.7. The fraction of sp³-hybridized carbons (Fsp3) is 0.500. The number of carboxylic acids is 1. The van der Waals surface area contributed by atoms with E-state index in [2.05, 4.69) is 11.8 Å². The van der Waals surface area contributed by atoms with Crippen LogP contribution in [0.4, 0.5) is 11.4 Å². The highest BCUT2D eigenvalue weighted by Gasteiger charge is 2.20. The minimum absolute atomic E-state index is 0.302. The molecule has 0 bridgehead atoms. The number of benzene rings is 1. The average molecular weight is 248 g/mol. The summed E-state index contributed by atoms with van der Waals surface area (Å²) in [5.41, 5.74) is 7.83. The van der Waals surface area contributed by atoms with Gasteiger partial charge in [0.15, 0.2) is 0 Å². The Labute approximate surface area is 107 Å². The Bertz CT molecular complexity index is 445. The standard InChI is InChI=1S/C14H20N2O2/c1-10-5-3-2-4-8-16(10)13-9-11(14(17)18)6-7-12(13)15/h6-7,9-10H,2-5,8,15H2,1H3,(H,17,18). The summed E-state index contributed by atoms with van der Waals surface area (Å²) in [6, 6.07) is 5.36. The lowest BCUT2D eigenvalue weighted by Gasteiger charge is -2.30. The Morgan fingerprint density at radius 3 is 2.89 bits per heavy atom. The zero-order chi connectivity index (χ0) is 13.1. The SMILES string of the molecule is CC1CCCCCN1c1cc(C(=O)O)ccc1N. The van der Waals surface area contributed by atoms with Crippen molar-refractivity contribution in [2.75, 3.05) is 17.2 Å². The van der Waals surface area contributed by atoms with Gasteiger partial charge >= 0.3 is 5.97 Å². The second-order valence-corrected chi connectivity index (χ2v) is 4.97. The molecular formula is C14H20N2O2. The topological polar surface area (TPSA) is 66.6 Å². The van der Waals surface area contributed by atoms with Crippen LogP contribution in [-0.2, 0) is 0 Å². The van der Waals surface area contributed by atoms with E-state index in [0.29, 0.717) is 17.3 Å². The van der Waals surface area contributed by atoms with Crippen molar-refractivity contribution in [3.05, 3.63) is 23.8 Å². The van der Waals surface area contributed by atoms with Crippen molar-refractivity contribution >= 4 is 17.3 Å². The van der Waals surface area contributed by atoms with Crippen LogP contribution in [-0.4, -0.2) is 23.7 Å². The lowest BCUT2D eigenvalue weighted by atomic mass is 10.1. The van der Waals surface area contributed by atoms with Gasteiger partial charge in [-0.05, 0) is 38.0 Å². The third kappa shape index (κ3) is 2.58. The highest BCUT2D eigenvalue weighted by atomic mass is 16.4. The van der Waals surface area contributed by atoms with Crippen LogP contribution < -0.4 is 10.6 Å². The van der Waals surface area contributed by atoms with Gasteiger partial charge in [0.25, 0.3) is 0 Å². The Balaban J connectivity index is 2.35. The van der Waals surface area contributed by atoms with E-state index in [0.717, 1.165) is 25.1 Å². The summed E-state index contributed by atoms with van der Waals surface area (Å²) in [6.07, 6.45) is 4.74. The molecule has 1 atom stereocenters. The molecule has 1 heterocycles. The van der Waals surface area contributed by atoms with Gasteiger partial charge < -0.3 is 15.7 Å². The summed E-state index contributed by atoms with van der Waals surface area (Å²) >= 11 is 0. The van der Waals surface area contributed by atoms with Gasteiger partial charge in [0, 0.05) is 12.6 Å². The van der Waals surface area contributed by atoms with Gasteiger partial charge in [-0.3, -0.25) is 0 Å². The molecule has 0 amide bonds. The van der Waals surface area contributed by atoms with Gasteiger partial charge in [-0.1, -0.05) is 12.8 Å². The molecule has 0 saturated carbocycles. The van der Waals surface area contributed by atoms with Gasteiger partial charge in [0.05, 0.1) is 16.9 Å². The Morgan fingerprint density at radius 2 is 2.17 bits per heavy atom. The lowest BCUT2D eigenvalue weighted by molar-refractivity contribution is 0.0697. The third-order valence-electron chi connectivity index (χ3n) is 3.64. The van der Waals surface area contributed by atoms with Crippen molar-refractivity contribution in [1.82, 2.24) is 0 Å². The molecule has 1 aromatic carbocycles. The molecule has 2 rings (SSSR count). The molecule has 0 aromatic heterocycles. The largest absolute Gasteiger partial charge is 0.478 e. The van der Waals surface area contributed by atoms with Crippen LogP contribution in [0, 0.1) is 0 Å². The number of carbonyl (C=O) groups is 1. The van der Waals surface area contributed by atoms with Crippen LogP contribution in [0.1, 0.15) is 43.0 Å². The highest BCUT2D eigenvalue weighted by molar-refractivity contribution is 5.90. The van der Waals surface area contributed by atoms with E-state index in [1.807, 2.05) is 0 Å². The first-order chi connectivity index (χ1) is 8.59. The summed E-state index contributed by atoms with van der Waals surface area (Å²) in [6.45, 7) is 3.13. The smallest absolute Gasteiger partial charge is 0.335 e. The molecule has 4 nitrogen and oxygen atoms in total. The van der Waals surface area contributed by atoms with Gasteiger partial charge in [-0.15, -0.1) is 0 Å². The van der Waals surface area contributed by atoms with Crippen molar-refractivity contribution in [2.24, 2.45) is 0 Å². The second-order valence-electron chi connectivity index (χ2n) is 4.97. The summed E-state index contributed by atoms with van der Waals surface area (Å²) in [5.74, 6) is -0.904. The van der Waals surface area contributed by atoms with Crippen molar-refractivity contribution in [2.45, 2.75) is 38.6 Å². The molecule has 1 unspecified atom stereocenters. The minimum atomic E-state index is -0.904. The number of nitrogens with two attached hydrogens (primary N) is 1. The Morgan fingerprint density at radius 1 is 1.39 bits per heavy atom. The van der Waals surface area contributed by atoms with Crippen molar-refractivity contribution in [3.63, 3.8) is 0 Å². The summed E-state index contributed by atoms with van der Waals surface area (Å²) < 4.78 is 0. The lowest BCUT2D eigenvalue weighted by Crippen LogP contribution is -2.33. The number of nitrogens with zero attached hydrogens (tertiary/aromatic N) is 1. The maximum absolute atomic E-state index is 11.0. The van der Waals surface area contributed by atoms with Crippen LogP contribution in [0.3, 0.4) is 0 Å². The minimum Gasteiger partial charge on any atom is -0.478 e. The van der Waals surface area contributed by atoms with E-state index >= 15 is 0 Å². The Kier molecular flexibility index (Phi) is 3.75. The van der Waals surface area contributed by atoms with E-state index in [1.165, 1.54) is 12.8 Å². The molecular weight excluding hydrogens is 228 g/mol. The number of rotatable bonds is 2. The molecule has 0 spiro atoms. The number of carboxylic acid groups (broad SMARTS) is 1. The van der Waals surface area contributed by atoms with Crippen molar-refractivity contribution in [3.8, 4) is 0 Å². The molecule has 1 aromatic rings.